The van der Waals surface area contributed by atoms with Crippen LogP contribution in [0.5, 0.6) is 17.2 Å². The van der Waals surface area contributed by atoms with Gasteiger partial charge in [0.05, 0.1) is 12.8 Å². The maximum absolute atomic E-state index is 11.7. The minimum Gasteiger partial charge on any atom is -0.493 e. The van der Waals surface area contributed by atoms with Gasteiger partial charge in [-0.05, 0) is 24.3 Å². The number of hydrogen-bond donors (Lipinski definition) is 1. The molecule has 1 unspecified atom stereocenters. The lowest BCUT2D eigenvalue weighted by molar-refractivity contribution is -0.134. The Bertz CT molecular complexity index is 846. The van der Waals surface area contributed by atoms with Gasteiger partial charge >= 0.3 is 5.97 Å². The summed E-state index contributed by atoms with van der Waals surface area (Å²) in [6, 6.07) is 12.8. The number of anilines is 1. The summed E-state index contributed by atoms with van der Waals surface area (Å²) >= 11 is 0. The number of benzene rings is 2. The molecule has 0 spiro atoms. The highest BCUT2D eigenvalue weighted by atomic mass is 16.6. The molecule has 0 aromatic heterocycles. The number of aliphatic hydroxyl groups excluding tert-OH is 1. The minimum atomic E-state index is -1.03. The van der Waals surface area contributed by atoms with E-state index in [1.54, 1.807) is 25.1 Å². The van der Waals surface area contributed by atoms with Gasteiger partial charge in [0, 0.05) is 36.9 Å². The lowest BCUT2D eigenvalue weighted by Crippen LogP contribution is -2.25. The summed E-state index contributed by atoms with van der Waals surface area (Å²) in [7, 11) is 3.39. The first-order chi connectivity index (χ1) is 12.5. The Balaban J connectivity index is 1.98. The highest BCUT2D eigenvalue weighted by molar-refractivity contribution is 5.84. The lowest BCUT2D eigenvalue weighted by Gasteiger charge is -2.29. The van der Waals surface area contributed by atoms with Crippen LogP contribution < -0.4 is 19.1 Å². The van der Waals surface area contributed by atoms with E-state index in [-0.39, 0.29) is 12.4 Å². The first kappa shape index (κ1) is 17.8. The molecule has 2 aromatic carbocycles. The summed E-state index contributed by atoms with van der Waals surface area (Å²) in [6.45, 7) is 1.73. The molecule has 0 bridgehead atoms. The molecule has 3 rings (SSSR count). The van der Waals surface area contributed by atoms with E-state index in [1.807, 2.05) is 42.3 Å². The summed E-state index contributed by atoms with van der Waals surface area (Å²) in [5.41, 5.74) is 2.43. The predicted octanol–water partition coefficient (Wildman–Crippen LogP) is 3.20. The van der Waals surface area contributed by atoms with E-state index in [0.717, 1.165) is 16.9 Å². The number of methoxy groups -OCH3 is 1. The normalized spacial score (nSPS) is 15.4. The number of para-hydroxylation sites is 1. The van der Waals surface area contributed by atoms with Crippen LogP contribution >= 0.6 is 0 Å². The number of nitrogens with zero attached hydrogens (tertiary/aromatic N) is 1. The fourth-order valence-electron chi connectivity index (χ4n) is 2.75. The second-order valence-electron chi connectivity index (χ2n) is 5.78. The summed E-state index contributed by atoms with van der Waals surface area (Å²) in [6.07, 6.45) is 0.869. The quantitative estimate of drug-likeness (QED) is 0.656. The molecule has 26 heavy (non-hydrogen) atoms. The second kappa shape index (κ2) is 7.49. The number of hydrogen-bond acceptors (Lipinski definition) is 6. The molecule has 0 saturated heterocycles. The Hall–Kier alpha value is -2.99. The lowest BCUT2D eigenvalue weighted by atomic mass is 10.1. The van der Waals surface area contributed by atoms with Crippen molar-refractivity contribution in [1.29, 1.82) is 0 Å². The van der Waals surface area contributed by atoms with Crippen molar-refractivity contribution in [2.45, 2.75) is 19.6 Å². The molecule has 1 atom stereocenters. The molecule has 6 heteroatoms. The van der Waals surface area contributed by atoms with Crippen molar-refractivity contribution in [3.8, 4) is 17.2 Å². The number of esters is 1. The number of fused-ring (bicyclic) bond motifs is 1. The summed E-state index contributed by atoms with van der Waals surface area (Å²) < 4.78 is 16.1. The molecule has 0 saturated carbocycles. The zero-order valence-corrected chi connectivity index (χ0v) is 14.9. The molecular formula is C20H21NO5. The standard InChI is InChI=1S/C20H21NO5/c1-4-19(22)26-18-11-13(9-10-17(18)24-3)21(2)15-12-20(23)25-16-8-6-5-7-14(15)16/h5-12,20,23H,4H2,1-3H3. The summed E-state index contributed by atoms with van der Waals surface area (Å²) in [5, 5.41) is 10.00. The van der Waals surface area contributed by atoms with Gasteiger partial charge in [0.15, 0.2) is 11.5 Å². The van der Waals surface area contributed by atoms with Gasteiger partial charge < -0.3 is 24.2 Å². The van der Waals surface area contributed by atoms with Crippen molar-refractivity contribution in [2.24, 2.45) is 0 Å². The molecule has 0 aliphatic carbocycles. The zero-order chi connectivity index (χ0) is 18.7. The Labute approximate surface area is 152 Å². The van der Waals surface area contributed by atoms with Gasteiger partial charge in [0.1, 0.15) is 5.75 Å². The molecular weight excluding hydrogens is 334 g/mol. The van der Waals surface area contributed by atoms with Crippen molar-refractivity contribution >= 4 is 17.4 Å². The first-order valence-corrected chi connectivity index (χ1v) is 8.32. The van der Waals surface area contributed by atoms with Crippen LogP contribution in [0.1, 0.15) is 18.9 Å². The molecule has 1 aliphatic rings. The van der Waals surface area contributed by atoms with E-state index >= 15 is 0 Å². The number of carbonyl (C=O) groups excluding carboxylic acids is 1. The molecule has 0 radical (unpaired) electrons. The van der Waals surface area contributed by atoms with E-state index in [9.17, 15) is 9.90 Å². The van der Waals surface area contributed by atoms with Gasteiger partial charge in [-0.15, -0.1) is 0 Å². The van der Waals surface area contributed by atoms with Crippen LogP contribution in [0.25, 0.3) is 5.70 Å². The Morgan fingerprint density at radius 3 is 2.73 bits per heavy atom. The number of ether oxygens (including phenoxy) is 3. The van der Waals surface area contributed by atoms with Crippen molar-refractivity contribution in [3.63, 3.8) is 0 Å². The zero-order valence-electron chi connectivity index (χ0n) is 14.9. The maximum atomic E-state index is 11.7. The van der Waals surface area contributed by atoms with Crippen molar-refractivity contribution < 1.29 is 24.1 Å². The number of rotatable bonds is 5. The van der Waals surface area contributed by atoms with Crippen molar-refractivity contribution in [1.82, 2.24) is 0 Å². The average Bonchev–Trinajstić information content (AvgIpc) is 2.66. The highest BCUT2D eigenvalue weighted by Crippen LogP contribution is 2.38. The van der Waals surface area contributed by atoms with Crippen molar-refractivity contribution in [2.75, 3.05) is 19.1 Å². The number of carbonyl (C=O) groups is 1. The summed E-state index contributed by atoms with van der Waals surface area (Å²) in [5.74, 6) is 1.10. The van der Waals surface area contributed by atoms with E-state index in [4.69, 9.17) is 14.2 Å². The molecule has 2 aromatic rings. The Morgan fingerprint density at radius 1 is 1.23 bits per heavy atom. The first-order valence-electron chi connectivity index (χ1n) is 8.32. The third-order valence-corrected chi connectivity index (χ3v) is 4.12. The topological polar surface area (TPSA) is 68.2 Å². The van der Waals surface area contributed by atoms with Gasteiger partial charge in [-0.2, -0.15) is 0 Å². The van der Waals surface area contributed by atoms with Crippen LogP contribution in [-0.4, -0.2) is 31.5 Å². The second-order valence-corrected chi connectivity index (χ2v) is 5.78. The minimum absolute atomic E-state index is 0.269. The van der Waals surface area contributed by atoms with E-state index < -0.39 is 6.29 Å². The third kappa shape index (κ3) is 3.50. The van der Waals surface area contributed by atoms with Gasteiger partial charge in [0.2, 0.25) is 6.29 Å². The molecule has 1 N–H and O–H groups in total. The molecule has 0 amide bonds. The molecule has 1 aliphatic heterocycles. The van der Waals surface area contributed by atoms with Crippen LogP contribution in [0.2, 0.25) is 0 Å². The van der Waals surface area contributed by atoms with E-state index in [0.29, 0.717) is 17.2 Å². The van der Waals surface area contributed by atoms with Crippen LogP contribution in [0.4, 0.5) is 5.69 Å². The van der Waals surface area contributed by atoms with Crippen LogP contribution in [-0.2, 0) is 4.79 Å². The predicted molar refractivity (Wildman–Crippen MR) is 98.4 cm³/mol. The SMILES string of the molecule is CCC(=O)Oc1cc(N(C)C2=CC(O)Oc3ccccc32)ccc1OC. The van der Waals surface area contributed by atoms with E-state index in [1.165, 1.54) is 7.11 Å². The van der Waals surface area contributed by atoms with Gasteiger partial charge in [-0.25, -0.2) is 0 Å². The summed E-state index contributed by atoms with van der Waals surface area (Å²) in [4.78, 5) is 13.6. The van der Waals surface area contributed by atoms with Crippen LogP contribution in [0, 0.1) is 0 Å². The van der Waals surface area contributed by atoms with Gasteiger partial charge in [0.25, 0.3) is 0 Å². The Kier molecular flexibility index (Phi) is 5.14. The van der Waals surface area contributed by atoms with Crippen LogP contribution in [0.15, 0.2) is 48.5 Å². The molecule has 136 valence electrons. The van der Waals surface area contributed by atoms with Crippen molar-refractivity contribution in [3.05, 3.63) is 54.1 Å². The Morgan fingerprint density at radius 2 is 2.00 bits per heavy atom. The monoisotopic (exact) mass is 355 g/mol. The van der Waals surface area contributed by atoms with E-state index in [2.05, 4.69) is 0 Å². The maximum Gasteiger partial charge on any atom is 0.311 e. The third-order valence-electron chi connectivity index (χ3n) is 4.12. The average molecular weight is 355 g/mol. The molecule has 6 nitrogen and oxygen atoms in total. The highest BCUT2D eigenvalue weighted by Gasteiger charge is 2.22. The molecule has 0 fully saturated rings. The molecule has 1 heterocycles. The van der Waals surface area contributed by atoms with Gasteiger partial charge in [-0.3, -0.25) is 4.79 Å². The fourth-order valence-corrected chi connectivity index (χ4v) is 2.75. The number of aliphatic hydroxyl groups is 1. The largest absolute Gasteiger partial charge is 0.493 e. The fraction of sp³-hybridized carbons (Fsp3) is 0.250. The van der Waals surface area contributed by atoms with Crippen LogP contribution in [0.3, 0.4) is 0 Å². The van der Waals surface area contributed by atoms with Gasteiger partial charge in [-0.1, -0.05) is 19.1 Å². The smallest absolute Gasteiger partial charge is 0.311 e.